The van der Waals surface area contributed by atoms with Gasteiger partial charge in [0.05, 0.1) is 12.2 Å². The van der Waals surface area contributed by atoms with Crippen LogP contribution in [-0.2, 0) is 14.2 Å². The second kappa shape index (κ2) is 8.50. The molecule has 0 radical (unpaired) electrons. The Labute approximate surface area is 124 Å². The number of hydrogen-bond donors (Lipinski definition) is 0. The predicted octanol–water partition coefficient (Wildman–Crippen LogP) is 4.56. The van der Waals surface area contributed by atoms with Gasteiger partial charge in [0, 0.05) is 13.0 Å². The Morgan fingerprint density at radius 3 is 2.15 bits per heavy atom. The molecule has 0 fully saturated rings. The van der Waals surface area contributed by atoms with E-state index in [2.05, 4.69) is 13.8 Å². The van der Waals surface area contributed by atoms with Crippen molar-refractivity contribution >= 4 is 6.16 Å². The van der Waals surface area contributed by atoms with Gasteiger partial charge in [0.1, 0.15) is 5.60 Å². The fourth-order valence-electron chi connectivity index (χ4n) is 1.35. The summed E-state index contributed by atoms with van der Waals surface area (Å²) in [6, 6.07) is 0. The predicted molar refractivity (Wildman–Crippen MR) is 80.9 cm³/mol. The van der Waals surface area contributed by atoms with Crippen LogP contribution in [0.3, 0.4) is 0 Å². The maximum Gasteiger partial charge on any atom is 0.508 e. The summed E-state index contributed by atoms with van der Waals surface area (Å²) in [7, 11) is 0. The highest BCUT2D eigenvalue weighted by molar-refractivity contribution is 5.60. The Kier molecular flexibility index (Phi) is 8.17. The van der Waals surface area contributed by atoms with Crippen LogP contribution in [0.2, 0.25) is 0 Å². The van der Waals surface area contributed by atoms with Gasteiger partial charge in [-0.1, -0.05) is 20.8 Å². The molecule has 0 aromatic carbocycles. The highest BCUT2D eigenvalue weighted by Gasteiger charge is 2.23. The summed E-state index contributed by atoms with van der Waals surface area (Å²) in [6.07, 6.45) is 1.85. The van der Waals surface area contributed by atoms with E-state index in [1.54, 1.807) is 0 Å². The van der Waals surface area contributed by atoms with Crippen molar-refractivity contribution < 1.29 is 19.0 Å². The zero-order valence-corrected chi connectivity index (χ0v) is 14.2. The van der Waals surface area contributed by atoms with Crippen LogP contribution in [0.5, 0.6) is 0 Å². The van der Waals surface area contributed by atoms with Gasteiger partial charge in [-0.15, -0.1) is 0 Å². The molecule has 0 aromatic heterocycles. The third kappa shape index (κ3) is 10.1. The summed E-state index contributed by atoms with van der Waals surface area (Å²) >= 11 is 0. The molecule has 120 valence electrons. The molecular weight excluding hydrogens is 256 g/mol. The van der Waals surface area contributed by atoms with Crippen molar-refractivity contribution in [3.05, 3.63) is 0 Å². The largest absolute Gasteiger partial charge is 0.508 e. The molecular formula is C16H32O4. The molecule has 0 heterocycles. The fourth-order valence-corrected chi connectivity index (χ4v) is 1.35. The van der Waals surface area contributed by atoms with Crippen molar-refractivity contribution in [2.45, 2.75) is 78.9 Å². The van der Waals surface area contributed by atoms with Gasteiger partial charge in [0.25, 0.3) is 0 Å². The van der Waals surface area contributed by atoms with Crippen LogP contribution < -0.4 is 0 Å². The topological polar surface area (TPSA) is 44.8 Å². The Hall–Kier alpha value is -0.770. The van der Waals surface area contributed by atoms with Gasteiger partial charge >= 0.3 is 6.16 Å². The van der Waals surface area contributed by atoms with E-state index >= 15 is 0 Å². The summed E-state index contributed by atoms with van der Waals surface area (Å²) in [5.74, 6) is 0.633. The summed E-state index contributed by atoms with van der Waals surface area (Å²) < 4.78 is 16.1. The minimum absolute atomic E-state index is 0.282. The molecule has 0 spiro atoms. The van der Waals surface area contributed by atoms with Gasteiger partial charge in [-0.05, 0) is 46.5 Å². The lowest BCUT2D eigenvalue weighted by atomic mass is 10.1. The Morgan fingerprint density at radius 1 is 1.05 bits per heavy atom. The molecule has 0 saturated carbocycles. The van der Waals surface area contributed by atoms with Crippen LogP contribution in [0, 0.1) is 5.92 Å². The first kappa shape index (κ1) is 19.2. The monoisotopic (exact) mass is 288 g/mol. The van der Waals surface area contributed by atoms with Gasteiger partial charge in [0.2, 0.25) is 0 Å². The Bertz CT molecular complexity index is 282. The van der Waals surface area contributed by atoms with Crippen LogP contribution in [0.4, 0.5) is 4.79 Å². The maximum absolute atomic E-state index is 11.5. The second-order valence-corrected chi connectivity index (χ2v) is 6.85. The molecule has 0 N–H and O–H groups in total. The van der Waals surface area contributed by atoms with E-state index in [-0.39, 0.29) is 5.60 Å². The Morgan fingerprint density at radius 2 is 1.65 bits per heavy atom. The van der Waals surface area contributed by atoms with Crippen molar-refractivity contribution in [3.63, 3.8) is 0 Å². The molecule has 0 saturated heterocycles. The van der Waals surface area contributed by atoms with E-state index in [9.17, 15) is 4.79 Å². The lowest BCUT2D eigenvalue weighted by Gasteiger charge is -2.26. The number of hydrogen-bond acceptors (Lipinski definition) is 4. The summed E-state index contributed by atoms with van der Waals surface area (Å²) in [4.78, 5) is 11.5. The van der Waals surface area contributed by atoms with Crippen molar-refractivity contribution in [3.8, 4) is 0 Å². The molecule has 0 rings (SSSR count). The number of ether oxygens (including phenoxy) is 3. The summed E-state index contributed by atoms with van der Waals surface area (Å²) in [5, 5.41) is 0. The van der Waals surface area contributed by atoms with Gasteiger partial charge in [-0.2, -0.15) is 0 Å². The number of rotatable bonds is 9. The van der Waals surface area contributed by atoms with Crippen LogP contribution in [0.15, 0.2) is 0 Å². The first-order valence-corrected chi connectivity index (χ1v) is 7.58. The van der Waals surface area contributed by atoms with Gasteiger partial charge in [-0.3, -0.25) is 0 Å². The average molecular weight is 288 g/mol. The lowest BCUT2D eigenvalue weighted by Crippen LogP contribution is -2.30. The van der Waals surface area contributed by atoms with E-state index in [1.807, 2.05) is 34.6 Å². The SMILES string of the molecule is CCC(C)(C)OC(=O)OCCC(C)(C)OCCC(C)C. The van der Waals surface area contributed by atoms with Crippen LogP contribution in [-0.4, -0.2) is 30.6 Å². The van der Waals surface area contributed by atoms with Crippen molar-refractivity contribution in [1.29, 1.82) is 0 Å². The molecule has 0 bridgehead atoms. The van der Waals surface area contributed by atoms with Gasteiger partial charge < -0.3 is 14.2 Å². The standard InChI is InChI=1S/C16H32O4/c1-8-15(4,5)20-14(17)18-12-10-16(6,7)19-11-9-13(2)3/h13H,8-12H2,1-7H3. The Balaban J connectivity index is 3.89. The van der Waals surface area contributed by atoms with Gasteiger partial charge in [0.15, 0.2) is 0 Å². The van der Waals surface area contributed by atoms with Crippen LogP contribution in [0.25, 0.3) is 0 Å². The highest BCUT2D eigenvalue weighted by Crippen LogP contribution is 2.18. The highest BCUT2D eigenvalue weighted by atomic mass is 16.7. The molecule has 20 heavy (non-hydrogen) atoms. The molecule has 0 atom stereocenters. The molecule has 0 aliphatic carbocycles. The minimum Gasteiger partial charge on any atom is -0.434 e. The van der Waals surface area contributed by atoms with Gasteiger partial charge in [-0.25, -0.2) is 4.79 Å². The van der Waals surface area contributed by atoms with E-state index in [0.29, 0.717) is 18.9 Å². The lowest BCUT2D eigenvalue weighted by molar-refractivity contribution is -0.0526. The fraction of sp³-hybridized carbons (Fsp3) is 0.938. The zero-order valence-electron chi connectivity index (χ0n) is 14.2. The first-order valence-electron chi connectivity index (χ1n) is 7.58. The molecule has 0 aliphatic rings. The average Bonchev–Trinajstić information content (AvgIpc) is 2.27. The van der Waals surface area contributed by atoms with Crippen molar-refractivity contribution in [2.75, 3.05) is 13.2 Å². The quantitative estimate of drug-likeness (QED) is 0.583. The van der Waals surface area contributed by atoms with E-state index in [0.717, 1.165) is 19.4 Å². The zero-order chi connectivity index (χ0) is 15.8. The third-order valence-corrected chi connectivity index (χ3v) is 3.32. The number of carbonyl (C=O) groups is 1. The van der Waals surface area contributed by atoms with Crippen LogP contribution in [0.1, 0.15) is 67.7 Å². The first-order chi connectivity index (χ1) is 9.08. The molecule has 0 aliphatic heterocycles. The third-order valence-electron chi connectivity index (χ3n) is 3.32. The smallest absolute Gasteiger partial charge is 0.434 e. The molecule has 4 heteroatoms. The van der Waals surface area contributed by atoms with E-state index in [1.165, 1.54) is 0 Å². The number of carbonyl (C=O) groups excluding carboxylic acids is 1. The molecule has 4 nitrogen and oxygen atoms in total. The van der Waals surface area contributed by atoms with Crippen LogP contribution >= 0.6 is 0 Å². The van der Waals surface area contributed by atoms with Crippen molar-refractivity contribution in [2.24, 2.45) is 5.92 Å². The minimum atomic E-state index is -0.602. The summed E-state index contributed by atoms with van der Waals surface area (Å²) in [6.45, 7) is 15.1. The van der Waals surface area contributed by atoms with E-state index in [4.69, 9.17) is 14.2 Å². The normalized spacial score (nSPS) is 12.6. The molecule has 0 amide bonds. The summed E-state index contributed by atoms with van der Waals surface area (Å²) in [5.41, 5.74) is -0.754. The maximum atomic E-state index is 11.5. The van der Waals surface area contributed by atoms with Crippen molar-refractivity contribution in [1.82, 2.24) is 0 Å². The molecule has 0 unspecified atom stereocenters. The second-order valence-electron chi connectivity index (χ2n) is 6.85. The van der Waals surface area contributed by atoms with E-state index < -0.39 is 11.8 Å². The molecule has 0 aromatic rings.